The molecule has 2 aliphatic heterocycles. The number of carbonyl (C=O) groups is 1. The third-order valence-corrected chi connectivity index (χ3v) is 8.51. The van der Waals surface area contributed by atoms with Gasteiger partial charge in [0, 0.05) is 61.4 Å². The number of rotatable bonds is 7. The summed E-state index contributed by atoms with van der Waals surface area (Å²) in [4.78, 5) is 23.6. The van der Waals surface area contributed by atoms with Crippen molar-refractivity contribution in [1.82, 2.24) is 20.2 Å². The maximum atomic E-state index is 13.7. The van der Waals surface area contributed by atoms with E-state index in [1.54, 1.807) is 13.1 Å². The normalized spacial score (nSPS) is 23.3. The third-order valence-electron chi connectivity index (χ3n) is 8.51. The number of anilines is 1. The number of aromatic nitrogens is 2. The molecule has 224 valence electrons. The van der Waals surface area contributed by atoms with E-state index >= 15 is 0 Å². The highest BCUT2D eigenvalue weighted by Gasteiger charge is 2.40. The summed E-state index contributed by atoms with van der Waals surface area (Å²) in [6, 6.07) is 4.87. The zero-order valence-corrected chi connectivity index (χ0v) is 23.2. The highest BCUT2D eigenvalue weighted by atomic mass is 19.4. The number of likely N-dealkylation sites (tertiary alicyclic amines) is 1. The molecule has 0 bridgehead atoms. The maximum Gasteiger partial charge on any atom is 0.416 e. The second kappa shape index (κ2) is 11.7. The largest absolute Gasteiger partial charge is 0.416 e. The van der Waals surface area contributed by atoms with Crippen LogP contribution in [0.2, 0.25) is 0 Å². The van der Waals surface area contributed by atoms with Crippen LogP contribution in [0, 0.1) is 12.9 Å². The summed E-state index contributed by atoms with van der Waals surface area (Å²) in [6.07, 6.45) is 1.30. The summed E-state index contributed by atoms with van der Waals surface area (Å²) in [6.45, 7) is 4.23. The first-order valence-corrected chi connectivity index (χ1v) is 14.3. The van der Waals surface area contributed by atoms with Gasteiger partial charge >= 0.3 is 6.18 Å². The molecule has 2 aromatic heterocycles. The number of aryl methyl sites for hydroxylation is 2. The van der Waals surface area contributed by atoms with E-state index in [1.807, 2.05) is 0 Å². The molecular formula is C30H33F4N5O3. The summed E-state index contributed by atoms with van der Waals surface area (Å²) < 4.78 is 65.9. The van der Waals surface area contributed by atoms with Crippen LogP contribution in [0.1, 0.15) is 47.6 Å². The second-order valence-corrected chi connectivity index (χ2v) is 11.3. The van der Waals surface area contributed by atoms with Gasteiger partial charge in [0.25, 0.3) is 0 Å². The molecule has 3 aromatic rings. The summed E-state index contributed by atoms with van der Waals surface area (Å²) in [5.74, 6) is -0.806. The smallest absolute Gasteiger partial charge is 0.381 e. The SMILES string of the molecule is Cc1cnc2ccc(C(F)(F)F)cc2c1NCC(=O)NC1CN(C2CCOCC2)C[C@@H]1OC1CCc2cc(F)ncc21. The predicted octanol–water partition coefficient (Wildman–Crippen LogP) is 4.56. The van der Waals surface area contributed by atoms with Crippen LogP contribution in [0.5, 0.6) is 0 Å². The van der Waals surface area contributed by atoms with Crippen LogP contribution < -0.4 is 10.6 Å². The molecule has 3 aliphatic rings. The molecule has 1 aromatic carbocycles. The Morgan fingerprint density at radius 1 is 1.12 bits per heavy atom. The lowest BCUT2D eigenvalue weighted by Crippen LogP contribution is -2.46. The van der Waals surface area contributed by atoms with Crippen molar-refractivity contribution in [3.8, 4) is 0 Å². The van der Waals surface area contributed by atoms with Crippen molar-refractivity contribution < 1.29 is 31.8 Å². The van der Waals surface area contributed by atoms with Crippen molar-refractivity contribution in [2.45, 2.75) is 63.1 Å². The van der Waals surface area contributed by atoms with Crippen LogP contribution in [0.3, 0.4) is 0 Å². The van der Waals surface area contributed by atoms with E-state index < -0.39 is 17.7 Å². The summed E-state index contributed by atoms with van der Waals surface area (Å²) in [7, 11) is 0. The van der Waals surface area contributed by atoms with Crippen LogP contribution in [0.15, 0.2) is 36.7 Å². The Labute approximate surface area is 240 Å². The van der Waals surface area contributed by atoms with E-state index in [1.165, 1.54) is 18.3 Å². The molecule has 2 saturated heterocycles. The molecule has 8 nitrogen and oxygen atoms in total. The van der Waals surface area contributed by atoms with Gasteiger partial charge in [-0.2, -0.15) is 17.6 Å². The molecule has 1 amide bonds. The molecule has 0 spiro atoms. The third kappa shape index (κ3) is 6.06. The number of ether oxygens (including phenoxy) is 2. The van der Waals surface area contributed by atoms with Gasteiger partial charge in [-0.15, -0.1) is 0 Å². The van der Waals surface area contributed by atoms with Gasteiger partial charge in [-0.3, -0.25) is 14.7 Å². The van der Waals surface area contributed by atoms with Gasteiger partial charge in [0.1, 0.15) is 0 Å². The Kier molecular flexibility index (Phi) is 8.03. The highest BCUT2D eigenvalue weighted by Crippen LogP contribution is 2.37. The number of hydrogen-bond acceptors (Lipinski definition) is 7. The molecule has 3 atom stereocenters. The van der Waals surface area contributed by atoms with Crippen LogP contribution in [0.4, 0.5) is 23.2 Å². The first kappa shape index (κ1) is 28.8. The number of carbonyl (C=O) groups excluding carboxylic acids is 1. The monoisotopic (exact) mass is 587 g/mol. The quantitative estimate of drug-likeness (QED) is 0.310. The maximum absolute atomic E-state index is 13.7. The zero-order chi connectivity index (χ0) is 29.4. The molecule has 2 N–H and O–H groups in total. The fourth-order valence-electron chi connectivity index (χ4n) is 6.34. The number of fused-ring (bicyclic) bond motifs is 2. The number of nitrogens with one attached hydrogen (secondary N) is 2. The van der Waals surface area contributed by atoms with E-state index in [0.717, 1.165) is 36.1 Å². The Morgan fingerprint density at radius 3 is 2.71 bits per heavy atom. The van der Waals surface area contributed by atoms with E-state index in [4.69, 9.17) is 9.47 Å². The highest BCUT2D eigenvalue weighted by molar-refractivity contribution is 5.94. The van der Waals surface area contributed by atoms with Gasteiger partial charge in [0.15, 0.2) is 0 Å². The Morgan fingerprint density at radius 2 is 1.93 bits per heavy atom. The van der Waals surface area contributed by atoms with Gasteiger partial charge in [0.2, 0.25) is 11.9 Å². The number of hydrogen-bond donors (Lipinski definition) is 2. The Hall–Kier alpha value is -3.35. The fraction of sp³-hybridized carbons (Fsp3) is 0.500. The van der Waals surface area contributed by atoms with Crippen molar-refractivity contribution in [1.29, 1.82) is 0 Å². The van der Waals surface area contributed by atoms with Crippen molar-refractivity contribution in [3.05, 3.63) is 64.9 Å². The van der Waals surface area contributed by atoms with E-state index in [0.29, 0.717) is 67.3 Å². The van der Waals surface area contributed by atoms with Crippen molar-refractivity contribution >= 4 is 22.5 Å². The van der Waals surface area contributed by atoms with Crippen LogP contribution in [0.25, 0.3) is 10.9 Å². The van der Waals surface area contributed by atoms with E-state index in [-0.39, 0.29) is 30.7 Å². The van der Waals surface area contributed by atoms with E-state index in [9.17, 15) is 22.4 Å². The molecule has 0 radical (unpaired) electrons. The summed E-state index contributed by atoms with van der Waals surface area (Å²) >= 11 is 0. The molecule has 4 heterocycles. The average molecular weight is 588 g/mol. The zero-order valence-electron chi connectivity index (χ0n) is 23.2. The number of amides is 1. The second-order valence-electron chi connectivity index (χ2n) is 11.3. The first-order chi connectivity index (χ1) is 20.2. The topological polar surface area (TPSA) is 88.6 Å². The minimum Gasteiger partial charge on any atom is -0.381 e. The number of alkyl halides is 3. The van der Waals surface area contributed by atoms with Gasteiger partial charge in [0.05, 0.1) is 35.9 Å². The lowest BCUT2D eigenvalue weighted by Gasteiger charge is -2.31. The molecule has 2 unspecified atom stereocenters. The minimum absolute atomic E-state index is 0.133. The standard InChI is InChI=1S/C30H33F4N5O3/c1-17-12-35-23-4-3-19(30(32,33)34)11-21(23)29(17)37-14-28(40)38-24-15-39(20-6-8-41-9-7-20)16-26(24)42-25-5-2-18-10-27(31)36-13-22(18)25/h3-4,10-13,20,24-26H,2,5-9,14-16H2,1H3,(H,35,37)(H,38,40)/t24?,25?,26-/m0/s1. The van der Waals surface area contributed by atoms with Crippen molar-refractivity contribution in [2.75, 3.05) is 38.2 Å². The number of pyridine rings is 2. The predicted molar refractivity (Wildman–Crippen MR) is 147 cm³/mol. The van der Waals surface area contributed by atoms with Gasteiger partial charge in [-0.05, 0) is 68.0 Å². The van der Waals surface area contributed by atoms with Gasteiger partial charge in [-0.25, -0.2) is 4.98 Å². The molecular weight excluding hydrogens is 554 g/mol. The molecule has 0 saturated carbocycles. The van der Waals surface area contributed by atoms with Crippen LogP contribution >= 0.6 is 0 Å². The molecule has 1 aliphatic carbocycles. The van der Waals surface area contributed by atoms with Crippen molar-refractivity contribution in [2.24, 2.45) is 0 Å². The van der Waals surface area contributed by atoms with Crippen LogP contribution in [-0.4, -0.2) is 71.8 Å². The van der Waals surface area contributed by atoms with Gasteiger partial charge in [-0.1, -0.05) is 0 Å². The minimum atomic E-state index is -4.50. The molecule has 2 fully saturated rings. The number of halogens is 4. The lowest BCUT2D eigenvalue weighted by molar-refractivity contribution is -0.137. The van der Waals surface area contributed by atoms with Gasteiger partial charge < -0.3 is 20.1 Å². The van der Waals surface area contributed by atoms with Crippen LogP contribution in [-0.2, 0) is 26.9 Å². The summed E-state index contributed by atoms with van der Waals surface area (Å²) in [5.41, 5.74) is 2.47. The molecule has 42 heavy (non-hydrogen) atoms. The number of nitrogens with zero attached hydrogens (tertiary/aromatic N) is 3. The van der Waals surface area contributed by atoms with E-state index in [2.05, 4.69) is 25.5 Å². The first-order valence-electron chi connectivity index (χ1n) is 14.3. The van der Waals surface area contributed by atoms with Crippen molar-refractivity contribution in [3.63, 3.8) is 0 Å². The number of benzene rings is 1. The summed E-state index contributed by atoms with van der Waals surface area (Å²) in [5, 5.41) is 6.46. The lowest BCUT2D eigenvalue weighted by atomic mass is 10.1. The molecule has 6 rings (SSSR count). The Balaban J connectivity index is 1.16. The fourth-order valence-corrected chi connectivity index (χ4v) is 6.34. The average Bonchev–Trinajstić information content (AvgIpc) is 3.55. The molecule has 12 heteroatoms. The Bertz CT molecular complexity index is 1460.